The van der Waals surface area contributed by atoms with Crippen LogP contribution < -0.4 is 0 Å². The highest BCUT2D eigenvalue weighted by atomic mass is 16.3. The van der Waals surface area contributed by atoms with Crippen LogP contribution in [0, 0.1) is 5.92 Å². The molecule has 10 heavy (non-hydrogen) atoms. The first-order chi connectivity index (χ1) is 4.72. The number of hydrogen-bond acceptors (Lipinski definition) is 1. The molecule has 0 bridgehead atoms. The van der Waals surface area contributed by atoms with E-state index < -0.39 is 0 Å². The summed E-state index contributed by atoms with van der Waals surface area (Å²) in [5, 5.41) is 9.48. The Labute approximate surface area is 62.8 Å². The summed E-state index contributed by atoms with van der Waals surface area (Å²) in [7, 11) is 0. The Morgan fingerprint density at radius 3 is 2.40 bits per heavy atom. The van der Waals surface area contributed by atoms with Crippen LogP contribution >= 0.6 is 0 Å². The van der Waals surface area contributed by atoms with Crippen molar-refractivity contribution >= 4 is 0 Å². The van der Waals surface area contributed by atoms with Crippen molar-refractivity contribution in [2.75, 3.05) is 0 Å². The van der Waals surface area contributed by atoms with Crippen molar-refractivity contribution in [2.24, 2.45) is 5.92 Å². The zero-order valence-electron chi connectivity index (χ0n) is 6.64. The van der Waals surface area contributed by atoms with Crippen molar-refractivity contribution in [3.63, 3.8) is 0 Å². The van der Waals surface area contributed by atoms with Crippen LogP contribution in [-0.4, -0.2) is 11.2 Å². The number of aliphatic hydroxyl groups excluding tert-OH is 1. The summed E-state index contributed by atoms with van der Waals surface area (Å²) < 4.78 is 0. The molecule has 0 unspecified atom stereocenters. The molecule has 1 fully saturated rings. The minimum absolute atomic E-state index is 0.105. The summed E-state index contributed by atoms with van der Waals surface area (Å²) in [5.74, 6) is 0.383. The highest BCUT2D eigenvalue weighted by Crippen LogP contribution is 2.28. The highest BCUT2D eigenvalue weighted by molar-refractivity contribution is 5.00. The molecule has 0 spiro atoms. The fourth-order valence-corrected chi connectivity index (χ4v) is 1.69. The Morgan fingerprint density at radius 1 is 1.40 bits per heavy atom. The third-order valence-electron chi connectivity index (χ3n) is 2.36. The van der Waals surface area contributed by atoms with Crippen molar-refractivity contribution in [1.82, 2.24) is 0 Å². The summed E-state index contributed by atoms with van der Waals surface area (Å²) in [6, 6.07) is 0. The second-order valence-corrected chi connectivity index (χ2v) is 3.30. The minimum atomic E-state index is -0.105. The van der Waals surface area contributed by atoms with Gasteiger partial charge >= 0.3 is 0 Å². The van der Waals surface area contributed by atoms with Crippen molar-refractivity contribution < 1.29 is 5.11 Å². The maximum Gasteiger partial charge on any atom is 0.0605 e. The second-order valence-electron chi connectivity index (χ2n) is 3.30. The standard InChI is InChI=1S/C9H16O/c1-7(2)8-5-3-4-6-9(8)10/h8-10H,1,3-6H2,2H3/t8-,9-/m1/s1. The molecular formula is C9H16O. The van der Waals surface area contributed by atoms with E-state index in [1.807, 2.05) is 6.92 Å². The number of rotatable bonds is 1. The van der Waals surface area contributed by atoms with Crippen LogP contribution in [0.3, 0.4) is 0 Å². The van der Waals surface area contributed by atoms with E-state index in [-0.39, 0.29) is 6.10 Å². The molecule has 0 saturated heterocycles. The third kappa shape index (κ3) is 1.60. The van der Waals surface area contributed by atoms with Gasteiger partial charge in [-0.15, -0.1) is 0 Å². The zero-order valence-corrected chi connectivity index (χ0v) is 6.64. The first-order valence-corrected chi connectivity index (χ1v) is 4.05. The molecule has 1 nitrogen and oxygen atoms in total. The van der Waals surface area contributed by atoms with Crippen molar-refractivity contribution in [3.8, 4) is 0 Å². The summed E-state index contributed by atoms with van der Waals surface area (Å²) in [6.45, 7) is 5.88. The molecule has 0 heterocycles. The lowest BCUT2D eigenvalue weighted by atomic mass is 9.83. The molecule has 0 radical (unpaired) electrons. The van der Waals surface area contributed by atoms with Gasteiger partial charge in [0.2, 0.25) is 0 Å². The summed E-state index contributed by atoms with van der Waals surface area (Å²) >= 11 is 0. The predicted octanol–water partition coefficient (Wildman–Crippen LogP) is 2.11. The molecule has 1 saturated carbocycles. The second kappa shape index (κ2) is 3.20. The quantitative estimate of drug-likeness (QED) is 0.553. The van der Waals surface area contributed by atoms with E-state index in [0.29, 0.717) is 5.92 Å². The fourth-order valence-electron chi connectivity index (χ4n) is 1.69. The van der Waals surface area contributed by atoms with E-state index in [1.54, 1.807) is 0 Å². The van der Waals surface area contributed by atoms with E-state index >= 15 is 0 Å². The van der Waals surface area contributed by atoms with Crippen LogP contribution in [0.1, 0.15) is 32.6 Å². The maximum absolute atomic E-state index is 9.48. The zero-order chi connectivity index (χ0) is 7.56. The molecule has 0 aromatic heterocycles. The van der Waals surface area contributed by atoms with Gasteiger partial charge in [0, 0.05) is 5.92 Å². The molecule has 1 heteroatoms. The van der Waals surface area contributed by atoms with Gasteiger partial charge in [-0.25, -0.2) is 0 Å². The average molecular weight is 140 g/mol. The van der Waals surface area contributed by atoms with E-state index in [2.05, 4.69) is 6.58 Å². The lowest BCUT2D eigenvalue weighted by Gasteiger charge is -2.27. The predicted molar refractivity (Wildman–Crippen MR) is 42.8 cm³/mol. The van der Waals surface area contributed by atoms with Crippen LogP contribution in [0.4, 0.5) is 0 Å². The van der Waals surface area contributed by atoms with Gasteiger partial charge in [0.1, 0.15) is 0 Å². The molecule has 1 aliphatic carbocycles. The van der Waals surface area contributed by atoms with E-state index in [9.17, 15) is 5.11 Å². The molecule has 1 aliphatic rings. The molecule has 0 aromatic rings. The van der Waals surface area contributed by atoms with Crippen LogP contribution in [0.2, 0.25) is 0 Å². The maximum atomic E-state index is 9.48. The van der Waals surface area contributed by atoms with Gasteiger partial charge in [0.05, 0.1) is 6.10 Å². The van der Waals surface area contributed by atoms with Gasteiger partial charge in [0.25, 0.3) is 0 Å². The molecule has 1 N–H and O–H groups in total. The van der Waals surface area contributed by atoms with E-state index in [0.717, 1.165) is 18.4 Å². The Balaban J connectivity index is 2.47. The van der Waals surface area contributed by atoms with Crippen LogP contribution in [0.25, 0.3) is 0 Å². The minimum Gasteiger partial charge on any atom is -0.393 e. The number of hydrogen-bond donors (Lipinski definition) is 1. The number of aliphatic hydroxyl groups is 1. The smallest absolute Gasteiger partial charge is 0.0605 e. The molecule has 1 rings (SSSR count). The molecule has 58 valence electrons. The van der Waals surface area contributed by atoms with Crippen LogP contribution in [0.5, 0.6) is 0 Å². The fraction of sp³-hybridized carbons (Fsp3) is 0.778. The van der Waals surface area contributed by atoms with Gasteiger partial charge in [-0.05, 0) is 19.8 Å². The molecular weight excluding hydrogens is 124 g/mol. The van der Waals surface area contributed by atoms with Crippen LogP contribution in [0.15, 0.2) is 12.2 Å². The highest BCUT2D eigenvalue weighted by Gasteiger charge is 2.22. The molecule has 2 atom stereocenters. The monoisotopic (exact) mass is 140 g/mol. The molecule has 0 aromatic carbocycles. The summed E-state index contributed by atoms with van der Waals surface area (Å²) in [6.07, 6.45) is 4.44. The Morgan fingerprint density at radius 2 is 2.00 bits per heavy atom. The summed E-state index contributed by atoms with van der Waals surface area (Å²) in [5.41, 5.74) is 1.15. The Bertz CT molecular complexity index is 129. The lowest BCUT2D eigenvalue weighted by molar-refractivity contribution is 0.0877. The van der Waals surface area contributed by atoms with Gasteiger partial charge in [-0.2, -0.15) is 0 Å². The lowest BCUT2D eigenvalue weighted by Crippen LogP contribution is -2.24. The first kappa shape index (κ1) is 7.80. The van der Waals surface area contributed by atoms with Crippen LogP contribution in [-0.2, 0) is 0 Å². The van der Waals surface area contributed by atoms with E-state index in [4.69, 9.17) is 0 Å². The van der Waals surface area contributed by atoms with Crippen molar-refractivity contribution in [1.29, 1.82) is 0 Å². The SMILES string of the molecule is C=C(C)[C@H]1CCCC[C@H]1O. The van der Waals surface area contributed by atoms with E-state index in [1.165, 1.54) is 12.8 Å². The van der Waals surface area contributed by atoms with Gasteiger partial charge in [-0.1, -0.05) is 25.0 Å². The Hall–Kier alpha value is -0.300. The topological polar surface area (TPSA) is 20.2 Å². The largest absolute Gasteiger partial charge is 0.393 e. The normalized spacial score (nSPS) is 33.8. The molecule has 0 amide bonds. The Kier molecular flexibility index (Phi) is 2.50. The third-order valence-corrected chi connectivity index (χ3v) is 2.36. The summed E-state index contributed by atoms with van der Waals surface area (Å²) in [4.78, 5) is 0. The van der Waals surface area contributed by atoms with Crippen molar-refractivity contribution in [2.45, 2.75) is 38.7 Å². The van der Waals surface area contributed by atoms with Crippen molar-refractivity contribution in [3.05, 3.63) is 12.2 Å². The first-order valence-electron chi connectivity index (χ1n) is 4.05. The van der Waals surface area contributed by atoms with Gasteiger partial charge in [-0.3, -0.25) is 0 Å². The van der Waals surface area contributed by atoms with Gasteiger partial charge in [0.15, 0.2) is 0 Å². The molecule has 0 aliphatic heterocycles. The van der Waals surface area contributed by atoms with Gasteiger partial charge < -0.3 is 5.11 Å². The average Bonchev–Trinajstić information content (AvgIpc) is 1.88.